The monoisotopic (exact) mass is 632 g/mol. The van der Waals surface area contributed by atoms with Gasteiger partial charge >= 0.3 is 6.09 Å². The number of sulfonamides is 1. The summed E-state index contributed by atoms with van der Waals surface area (Å²) < 4.78 is 46.8. The topological polar surface area (TPSA) is 139 Å². The predicted molar refractivity (Wildman–Crippen MR) is 165 cm³/mol. The number of carbonyl (C=O) groups is 1. The lowest BCUT2D eigenvalue weighted by molar-refractivity contribution is -0.0907. The van der Waals surface area contributed by atoms with E-state index in [0.717, 1.165) is 21.8 Å². The summed E-state index contributed by atoms with van der Waals surface area (Å²) in [6, 6.07) is 13.5. The summed E-state index contributed by atoms with van der Waals surface area (Å²) in [5.41, 5.74) is 1.59. The molecule has 5 atom stereocenters. The minimum Gasteiger partial charge on any atom is -0.443 e. The van der Waals surface area contributed by atoms with Crippen LogP contribution in [0.25, 0.3) is 10.2 Å². The Kier molecular flexibility index (Phi) is 10.2. The van der Waals surface area contributed by atoms with E-state index in [1.165, 1.54) is 15.6 Å². The zero-order valence-electron chi connectivity index (χ0n) is 24.6. The molecule has 2 aliphatic rings. The summed E-state index contributed by atoms with van der Waals surface area (Å²) >= 11 is 1.39. The van der Waals surface area contributed by atoms with E-state index in [4.69, 9.17) is 14.2 Å². The SMILES string of the molecule is CCNc1nc2ccc(S(=O)(=O)N(CC(C)C)C[C@@H](O)[C@H](Cc3ccccc3)NC(=O)OC3CO[C@H]4OCC[C@@H]34)cc2s1. The van der Waals surface area contributed by atoms with Gasteiger partial charge in [-0.05, 0) is 49.4 Å². The first-order valence-corrected chi connectivity index (χ1v) is 17.0. The first kappa shape index (κ1) is 31.6. The number of carbonyl (C=O) groups excluding carboxylic acids is 1. The van der Waals surface area contributed by atoms with Crippen molar-refractivity contribution in [3.8, 4) is 0 Å². The highest BCUT2D eigenvalue weighted by Crippen LogP contribution is 2.33. The van der Waals surface area contributed by atoms with E-state index < -0.39 is 34.4 Å². The van der Waals surface area contributed by atoms with Crippen molar-refractivity contribution in [3.05, 3.63) is 54.1 Å². The summed E-state index contributed by atoms with van der Waals surface area (Å²) in [6.07, 6.45) is -1.71. The molecule has 0 radical (unpaired) electrons. The molecule has 2 fully saturated rings. The number of benzene rings is 2. The van der Waals surface area contributed by atoms with Crippen molar-refractivity contribution in [2.75, 3.05) is 38.2 Å². The average Bonchev–Trinajstić information content (AvgIpc) is 3.69. The van der Waals surface area contributed by atoms with Gasteiger partial charge in [0.2, 0.25) is 10.0 Å². The Morgan fingerprint density at radius 2 is 1.98 bits per heavy atom. The molecule has 1 amide bonds. The van der Waals surface area contributed by atoms with Crippen LogP contribution in [0.1, 0.15) is 32.8 Å². The van der Waals surface area contributed by atoms with E-state index in [-0.39, 0.29) is 49.1 Å². The van der Waals surface area contributed by atoms with Crippen molar-refractivity contribution >= 4 is 42.8 Å². The number of anilines is 1. The number of alkyl carbamates (subject to hydrolysis) is 1. The van der Waals surface area contributed by atoms with Gasteiger partial charge in [-0.2, -0.15) is 4.31 Å². The molecular weight excluding hydrogens is 592 g/mol. The van der Waals surface area contributed by atoms with Crippen LogP contribution in [0.2, 0.25) is 0 Å². The van der Waals surface area contributed by atoms with Crippen LogP contribution in [-0.4, -0.2) is 86.3 Å². The molecule has 43 heavy (non-hydrogen) atoms. The summed E-state index contributed by atoms with van der Waals surface area (Å²) in [6.45, 7) is 7.30. The van der Waals surface area contributed by atoms with Crippen LogP contribution in [0.3, 0.4) is 0 Å². The van der Waals surface area contributed by atoms with Gasteiger partial charge in [-0.25, -0.2) is 18.2 Å². The number of fused-ring (bicyclic) bond motifs is 2. The molecule has 13 heteroatoms. The second kappa shape index (κ2) is 13.9. The number of aliphatic hydroxyl groups is 1. The van der Waals surface area contributed by atoms with E-state index in [0.29, 0.717) is 18.7 Å². The largest absolute Gasteiger partial charge is 0.443 e. The number of rotatable bonds is 13. The molecule has 0 aliphatic carbocycles. The molecule has 234 valence electrons. The normalized spacial score (nSPS) is 21.7. The van der Waals surface area contributed by atoms with Crippen molar-refractivity contribution in [1.82, 2.24) is 14.6 Å². The zero-order valence-corrected chi connectivity index (χ0v) is 26.3. The van der Waals surface area contributed by atoms with Crippen molar-refractivity contribution in [1.29, 1.82) is 0 Å². The summed E-state index contributed by atoms with van der Waals surface area (Å²) in [5, 5.41) is 18.2. The molecule has 3 heterocycles. The smallest absolute Gasteiger partial charge is 0.407 e. The van der Waals surface area contributed by atoms with Crippen LogP contribution < -0.4 is 10.6 Å². The number of aromatic nitrogens is 1. The van der Waals surface area contributed by atoms with Crippen LogP contribution >= 0.6 is 11.3 Å². The summed E-state index contributed by atoms with van der Waals surface area (Å²) in [5.74, 6) is -0.0384. The lowest BCUT2D eigenvalue weighted by Crippen LogP contribution is -2.51. The van der Waals surface area contributed by atoms with Gasteiger partial charge in [-0.3, -0.25) is 0 Å². The predicted octanol–water partition coefficient (Wildman–Crippen LogP) is 3.83. The van der Waals surface area contributed by atoms with E-state index >= 15 is 0 Å². The maximum Gasteiger partial charge on any atom is 0.407 e. The number of aliphatic hydroxyl groups excluding tert-OH is 1. The molecule has 5 rings (SSSR count). The van der Waals surface area contributed by atoms with Gasteiger partial charge < -0.3 is 30.0 Å². The maximum absolute atomic E-state index is 14.0. The molecule has 0 bridgehead atoms. The Labute approximate surface area is 256 Å². The molecule has 2 aromatic carbocycles. The third kappa shape index (κ3) is 7.65. The highest BCUT2D eigenvalue weighted by molar-refractivity contribution is 7.89. The van der Waals surface area contributed by atoms with Crippen LogP contribution in [0.4, 0.5) is 9.93 Å². The maximum atomic E-state index is 14.0. The lowest BCUT2D eigenvalue weighted by atomic mass is 10.0. The number of nitrogens with one attached hydrogen (secondary N) is 2. The number of hydrogen-bond acceptors (Lipinski definition) is 10. The Morgan fingerprint density at radius 3 is 2.72 bits per heavy atom. The quantitative estimate of drug-likeness (QED) is 0.257. The van der Waals surface area contributed by atoms with Gasteiger partial charge in [-0.1, -0.05) is 55.5 Å². The Hall–Kier alpha value is -2.81. The van der Waals surface area contributed by atoms with E-state index in [9.17, 15) is 18.3 Å². The molecule has 1 aromatic heterocycles. The minimum absolute atomic E-state index is 0.0103. The van der Waals surface area contributed by atoms with Gasteiger partial charge in [-0.15, -0.1) is 0 Å². The molecule has 1 unspecified atom stereocenters. The Bertz CT molecular complexity index is 1480. The zero-order chi connectivity index (χ0) is 30.6. The lowest BCUT2D eigenvalue weighted by Gasteiger charge is -2.31. The average molecular weight is 633 g/mol. The van der Waals surface area contributed by atoms with Crippen molar-refractivity contribution in [2.45, 2.75) is 63.0 Å². The van der Waals surface area contributed by atoms with Crippen LogP contribution in [0.5, 0.6) is 0 Å². The third-order valence-electron chi connectivity index (χ3n) is 7.59. The van der Waals surface area contributed by atoms with Crippen molar-refractivity contribution in [2.24, 2.45) is 11.8 Å². The van der Waals surface area contributed by atoms with Gasteiger partial charge in [0, 0.05) is 19.6 Å². The van der Waals surface area contributed by atoms with E-state index in [1.54, 1.807) is 18.2 Å². The summed E-state index contributed by atoms with van der Waals surface area (Å²) in [4.78, 5) is 17.7. The molecule has 3 aromatic rings. The molecule has 11 nitrogen and oxygen atoms in total. The molecular formula is C30H40N4O7S2. The number of hydrogen-bond donors (Lipinski definition) is 3. The van der Waals surface area contributed by atoms with Gasteiger partial charge in [0.05, 0.1) is 46.4 Å². The third-order valence-corrected chi connectivity index (χ3v) is 10.4. The molecule has 0 saturated carbocycles. The number of amides is 1. The standard InChI is InChI=1S/C30H40N4O7S2/c1-4-31-29-32-23-11-10-21(15-27(23)42-29)43(37,38)34(16-19(2)3)17-25(35)24(14-20-8-6-5-7-9-20)33-30(36)41-26-18-40-28-22(26)12-13-39-28/h5-11,15,19,22,24-26,28,35H,4,12-14,16-18H2,1-3H3,(H,31,32)(H,33,36)/t22-,24-,25+,26?,28+/m0/s1. The Morgan fingerprint density at radius 1 is 1.19 bits per heavy atom. The molecule has 3 N–H and O–H groups in total. The molecule has 2 aliphatic heterocycles. The highest BCUT2D eigenvalue weighted by Gasteiger charge is 2.44. The first-order valence-electron chi connectivity index (χ1n) is 14.7. The fourth-order valence-corrected chi connectivity index (χ4v) is 8.17. The molecule has 2 saturated heterocycles. The Balaban J connectivity index is 1.35. The van der Waals surface area contributed by atoms with E-state index in [1.807, 2.05) is 51.1 Å². The molecule has 0 spiro atoms. The number of ether oxygens (including phenoxy) is 3. The van der Waals surface area contributed by atoms with Gasteiger partial charge in [0.1, 0.15) is 6.10 Å². The van der Waals surface area contributed by atoms with Crippen molar-refractivity contribution in [3.63, 3.8) is 0 Å². The fraction of sp³-hybridized carbons (Fsp3) is 0.533. The van der Waals surface area contributed by atoms with Crippen LogP contribution in [0, 0.1) is 11.8 Å². The van der Waals surface area contributed by atoms with Crippen molar-refractivity contribution < 1.29 is 32.5 Å². The first-order chi connectivity index (χ1) is 20.6. The van der Waals surface area contributed by atoms with E-state index in [2.05, 4.69) is 15.6 Å². The van der Waals surface area contributed by atoms with Crippen LogP contribution in [0.15, 0.2) is 53.4 Å². The summed E-state index contributed by atoms with van der Waals surface area (Å²) in [7, 11) is -3.99. The number of nitrogens with zero attached hydrogens (tertiary/aromatic N) is 2. The van der Waals surface area contributed by atoms with Gasteiger partial charge in [0.25, 0.3) is 0 Å². The van der Waals surface area contributed by atoms with Gasteiger partial charge in [0.15, 0.2) is 11.4 Å². The highest BCUT2D eigenvalue weighted by atomic mass is 32.2. The number of thiazole rings is 1. The second-order valence-corrected chi connectivity index (χ2v) is 14.3. The fourth-order valence-electron chi connectivity index (χ4n) is 5.48. The second-order valence-electron chi connectivity index (χ2n) is 11.4. The van der Waals surface area contributed by atoms with Crippen LogP contribution in [-0.2, 0) is 30.7 Å². The minimum atomic E-state index is -3.99.